The summed E-state index contributed by atoms with van der Waals surface area (Å²) in [6.45, 7) is 0.111. The third-order valence-electron chi connectivity index (χ3n) is 4.68. The zero-order chi connectivity index (χ0) is 21.1. The average Bonchev–Trinajstić information content (AvgIpc) is 3.35. The number of nitrogens with zero attached hydrogens (tertiary/aromatic N) is 2. The van der Waals surface area contributed by atoms with E-state index in [-0.39, 0.29) is 43.6 Å². The molecule has 2 heterocycles. The Bertz CT molecular complexity index is 1070. The number of ether oxygens (including phenoxy) is 1. The van der Waals surface area contributed by atoms with E-state index < -0.39 is 5.97 Å². The molecular formula is C22H17FN2O5. The standard InChI is InChI=1S/C22H17FN2O5/c23-17-7-5-15(6-8-17)21-24-18(12-29-21)13-30-22(28)16-3-1-14(2-4-16)11-25-19(26)9-10-20(25)27/h1-8,12H,9-11,13H2. The van der Waals surface area contributed by atoms with Gasteiger partial charge in [0, 0.05) is 18.4 Å². The van der Waals surface area contributed by atoms with E-state index in [4.69, 9.17) is 9.15 Å². The summed E-state index contributed by atoms with van der Waals surface area (Å²) >= 11 is 0. The van der Waals surface area contributed by atoms with Crippen molar-refractivity contribution in [3.63, 3.8) is 0 Å². The summed E-state index contributed by atoms with van der Waals surface area (Å²) in [5.41, 5.74) is 2.11. The number of amides is 2. The van der Waals surface area contributed by atoms with Gasteiger partial charge in [0.1, 0.15) is 24.4 Å². The molecule has 8 heteroatoms. The molecule has 0 saturated carbocycles. The van der Waals surface area contributed by atoms with E-state index in [1.165, 1.54) is 23.3 Å². The van der Waals surface area contributed by atoms with Crippen molar-refractivity contribution in [2.24, 2.45) is 0 Å². The summed E-state index contributed by atoms with van der Waals surface area (Å²) in [6.07, 6.45) is 1.86. The summed E-state index contributed by atoms with van der Waals surface area (Å²) in [5, 5.41) is 0. The molecule has 1 aliphatic heterocycles. The molecule has 1 fully saturated rings. The third-order valence-corrected chi connectivity index (χ3v) is 4.68. The molecular weight excluding hydrogens is 391 g/mol. The van der Waals surface area contributed by atoms with Crippen LogP contribution in [0, 0.1) is 5.82 Å². The van der Waals surface area contributed by atoms with Crippen LogP contribution in [-0.2, 0) is 27.5 Å². The maximum Gasteiger partial charge on any atom is 0.338 e. The van der Waals surface area contributed by atoms with Gasteiger partial charge in [-0.15, -0.1) is 0 Å². The zero-order valence-corrected chi connectivity index (χ0v) is 15.8. The van der Waals surface area contributed by atoms with Gasteiger partial charge in [0.2, 0.25) is 17.7 Å². The lowest BCUT2D eigenvalue weighted by Gasteiger charge is -2.13. The molecule has 0 N–H and O–H groups in total. The van der Waals surface area contributed by atoms with Crippen molar-refractivity contribution in [1.29, 1.82) is 0 Å². The molecule has 3 aromatic rings. The summed E-state index contributed by atoms with van der Waals surface area (Å²) in [5.74, 6) is -0.964. The van der Waals surface area contributed by atoms with Gasteiger partial charge in [-0.25, -0.2) is 14.2 Å². The van der Waals surface area contributed by atoms with E-state index >= 15 is 0 Å². The predicted octanol–water partition coefficient (Wildman–Crippen LogP) is 3.49. The minimum absolute atomic E-state index is 0.0813. The van der Waals surface area contributed by atoms with Crippen molar-refractivity contribution in [2.45, 2.75) is 26.0 Å². The molecule has 4 rings (SSSR count). The number of hydrogen-bond donors (Lipinski definition) is 0. The van der Waals surface area contributed by atoms with Gasteiger partial charge in [-0.05, 0) is 42.0 Å². The number of carbonyl (C=O) groups excluding carboxylic acids is 3. The number of carbonyl (C=O) groups is 3. The monoisotopic (exact) mass is 408 g/mol. The van der Waals surface area contributed by atoms with Crippen molar-refractivity contribution in [3.05, 3.63) is 77.4 Å². The first-order valence-corrected chi connectivity index (χ1v) is 9.29. The van der Waals surface area contributed by atoms with Crippen LogP contribution in [0.3, 0.4) is 0 Å². The summed E-state index contributed by atoms with van der Waals surface area (Å²) in [4.78, 5) is 41.1. The highest BCUT2D eigenvalue weighted by Gasteiger charge is 2.28. The number of likely N-dealkylation sites (tertiary alicyclic amines) is 1. The number of benzene rings is 2. The van der Waals surface area contributed by atoms with E-state index in [9.17, 15) is 18.8 Å². The molecule has 0 unspecified atom stereocenters. The van der Waals surface area contributed by atoms with Crippen LogP contribution in [0.4, 0.5) is 4.39 Å². The van der Waals surface area contributed by atoms with Crippen molar-refractivity contribution < 1.29 is 27.9 Å². The quantitative estimate of drug-likeness (QED) is 0.458. The van der Waals surface area contributed by atoms with Crippen LogP contribution in [0.25, 0.3) is 11.5 Å². The lowest BCUT2D eigenvalue weighted by Crippen LogP contribution is -2.28. The Labute approximate surface area is 171 Å². The normalized spacial score (nSPS) is 13.7. The van der Waals surface area contributed by atoms with Gasteiger partial charge >= 0.3 is 5.97 Å². The van der Waals surface area contributed by atoms with Crippen LogP contribution in [-0.4, -0.2) is 27.7 Å². The lowest BCUT2D eigenvalue weighted by molar-refractivity contribution is -0.139. The molecule has 1 aliphatic rings. The Morgan fingerprint density at radius 2 is 1.70 bits per heavy atom. The fourth-order valence-corrected chi connectivity index (χ4v) is 3.05. The molecule has 152 valence electrons. The van der Waals surface area contributed by atoms with Gasteiger partial charge in [-0.3, -0.25) is 14.5 Å². The maximum atomic E-state index is 13.0. The SMILES string of the molecule is O=C(OCc1coc(-c2ccc(F)cc2)n1)c1ccc(CN2C(=O)CCC2=O)cc1. The Balaban J connectivity index is 1.33. The van der Waals surface area contributed by atoms with Crippen molar-refractivity contribution in [1.82, 2.24) is 9.88 Å². The molecule has 2 amide bonds. The fourth-order valence-electron chi connectivity index (χ4n) is 3.05. The van der Waals surface area contributed by atoms with Gasteiger partial charge in [-0.2, -0.15) is 0 Å². The topological polar surface area (TPSA) is 89.7 Å². The number of halogens is 1. The van der Waals surface area contributed by atoms with Gasteiger partial charge in [0.15, 0.2) is 0 Å². The van der Waals surface area contributed by atoms with Crippen LogP contribution in [0.15, 0.2) is 59.2 Å². The minimum atomic E-state index is -0.541. The molecule has 0 atom stereocenters. The van der Waals surface area contributed by atoms with Gasteiger partial charge < -0.3 is 9.15 Å². The number of hydrogen-bond acceptors (Lipinski definition) is 6. The number of oxazole rings is 1. The van der Waals surface area contributed by atoms with Crippen LogP contribution in [0.2, 0.25) is 0 Å². The molecule has 7 nitrogen and oxygen atoms in total. The van der Waals surface area contributed by atoms with E-state index in [1.807, 2.05) is 0 Å². The highest BCUT2D eigenvalue weighted by atomic mass is 19.1. The summed E-state index contributed by atoms with van der Waals surface area (Å²) < 4.78 is 23.6. The number of esters is 1. The third kappa shape index (κ3) is 4.27. The van der Waals surface area contributed by atoms with Gasteiger partial charge in [-0.1, -0.05) is 12.1 Å². The first-order valence-electron chi connectivity index (χ1n) is 9.29. The van der Waals surface area contributed by atoms with Gasteiger partial charge in [0.05, 0.1) is 12.1 Å². The Morgan fingerprint density at radius 3 is 2.37 bits per heavy atom. The highest BCUT2D eigenvalue weighted by Crippen LogP contribution is 2.20. The number of aromatic nitrogens is 1. The van der Waals surface area contributed by atoms with Crippen LogP contribution in [0.5, 0.6) is 0 Å². The maximum absolute atomic E-state index is 13.0. The molecule has 0 radical (unpaired) electrons. The molecule has 0 aliphatic carbocycles. The van der Waals surface area contributed by atoms with Crippen molar-refractivity contribution in [2.75, 3.05) is 0 Å². The molecule has 0 bridgehead atoms. The molecule has 0 spiro atoms. The molecule has 1 saturated heterocycles. The summed E-state index contributed by atoms with van der Waals surface area (Å²) in [7, 11) is 0. The zero-order valence-electron chi connectivity index (χ0n) is 15.8. The van der Waals surface area contributed by atoms with E-state index in [0.717, 1.165) is 5.56 Å². The first-order chi connectivity index (χ1) is 14.5. The second-order valence-electron chi connectivity index (χ2n) is 6.80. The lowest BCUT2D eigenvalue weighted by atomic mass is 10.1. The van der Waals surface area contributed by atoms with E-state index in [1.54, 1.807) is 36.4 Å². The average molecular weight is 408 g/mol. The second-order valence-corrected chi connectivity index (χ2v) is 6.80. The Kier molecular flexibility index (Phi) is 5.38. The van der Waals surface area contributed by atoms with Crippen LogP contribution < -0.4 is 0 Å². The van der Waals surface area contributed by atoms with Crippen LogP contribution in [0.1, 0.15) is 34.5 Å². The number of imide groups is 1. The molecule has 1 aromatic heterocycles. The van der Waals surface area contributed by atoms with Gasteiger partial charge in [0.25, 0.3) is 0 Å². The number of rotatable bonds is 6. The largest absolute Gasteiger partial charge is 0.455 e. The van der Waals surface area contributed by atoms with Crippen molar-refractivity contribution in [3.8, 4) is 11.5 Å². The minimum Gasteiger partial charge on any atom is -0.455 e. The Hall–Kier alpha value is -3.81. The highest BCUT2D eigenvalue weighted by molar-refractivity contribution is 6.01. The fraction of sp³-hybridized carbons (Fsp3) is 0.182. The van der Waals surface area contributed by atoms with E-state index in [0.29, 0.717) is 22.7 Å². The molecule has 2 aromatic carbocycles. The predicted molar refractivity (Wildman–Crippen MR) is 102 cm³/mol. The van der Waals surface area contributed by atoms with Crippen molar-refractivity contribution >= 4 is 17.8 Å². The smallest absolute Gasteiger partial charge is 0.338 e. The van der Waals surface area contributed by atoms with Crippen LogP contribution >= 0.6 is 0 Å². The molecule has 30 heavy (non-hydrogen) atoms. The second kappa shape index (κ2) is 8.28. The Morgan fingerprint density at radius 1 is 1.03 bits per heavy atom. The first kappa shape index (κ1) is 19.5. The summed E-state index contributed by atoms with van der Waals surface area (Å²) in [6, 6.07) is 12.2. The van der Waals surface area contributed by atoms with E-state index in [2.05, 4.69) is 4.98 Å².